The van der Waals surface area contributed by atoms with E-state index in [9.17, 15) is 0 Å². The lowest BCUT2D eigenvalue weighted by Crippen LogP contribution is -2.49. The molecule has 0 aliphatic carbocycles. The molecule has 1 unspecified atom stereocenters. The zero-order valence-electron chi connectivity index (χ0n) is 21.9. The molecule has 3 aromatic rings. The van der Waals surface area contributed by atoms with Gasteiger partial charge in [0, 0.05) is 54.9 Å². The van der Waals surface area contributed by atoms with E-state index in [1.807, 2.05) is 43.5 Å². The number of piperidine rings is 2. The normalized spacial score (nSPS) is 19.2. The van der Waals surface area contributed by atoms with Crippen molar-refractivity contribution in [1.29, 1.82) is 0 Å². The largest absolute Gasteiger partial charge is 0.493 e. The fourth-order valence-electron chi connectivity index (χ4n) is 5.58. The van der Waals surface area contributed by atoms with Crippen molar-refractivity contribution in [3.05, 3.63) is 41.4 Å². The van der Waals surface area contributed by atoms with E-state index in [0.29, 0.717) is 28.5 Å². The third-order valence-corrected chi connectivity index (χ3v) is 7.76. The number of methoxy groups -OCH3 is 3. The highest BCUT2D eigenvalue weighted by Crippen LogP contribution is 2.36. The molecule has 2 aliphatic rings. The van der Waals surface area contributed by atoms with E-state index < -0.39 is 0 Å². The summed E-state index contributed by atoms with van der Waals surface area (Å²) in [7, 11) is 5.08. The van der Waals surface area contributed by atoms with Crippen LogP contribution in [0.5, 0.6) is 11.5 Å². The summed E-state index contributed by atoms with van der Waals surface area (Å²) >= 11 is 6.10. The van der Waals surface area contributed by atoms with Crippen LogP contribution >= 0.6 is 11.6 Å². The summed E-state index contributed by atoms with van der Waals surface area (Å²) in [6, 6.07) is 12.1. The van der Waals surface area contributed by atoms with Gasteiger partial charge in [-0.05, 0) is 68.5 Å². The molecule has 5 rings (SSSR count). The number of rotatable bonds is 8. The number of fused-ring (bicyclic) bond motifs is 1. The van der Waals surface area contributed by atoms with E-state index in [4.69, 9.17) is 35.8 Å². The number of nitrogens with one attached hydrogen (secondary N) is 1. The molecule has 0 spiro atoms. The predicted molar refractivity (Wildman–Crippen MR) is 149 cm³/mol. The molecule has 0 amide bonds. The van der Waals surface area contributed by atoms with E-state index in [2.05, 4.69) is 15.1 Å². The lowest BCUT2D eigenvalue weighted by molar-refractivity contribution is 0.0609. The Balaban J connectivity index is 1.40. The summed E-state index contributed by atoms with van der Waals surface area (Å²) in [6.45, 7) is 5.04. The Morgan fingerprint density at radius 1 is 0.946 bits per heavy atom. The zero-order valence-corrected chi connectivity index (χ0v) is 22.6. The van der Waals surface area contributed by atoms with Gasteiger partial charge in [-0.15, -0.1) is 0 Å². The number of nitrogens with zero attached hydrogens (tertiary/aromatic N) is 4. The van der Waals surface area contributed by atoms with Crippen LogP contribution in [-0.4, -0.2) is 75.0 Å². The van der Waals surface area contributed by atoms with E-state index >= 15 is 0 Å². The van der Waals surface area contributed by atoms with Gasteiger partial charge in [-0.25, -0.2) is 4.98 Å². The first-order valence-electron chi connectivity index (χ1n) is 13.0. The van der Waals surface area contributed by atoms with Gasteiger partial charge in [0.05, 0.1) is 26.3 Å². The van der Waals surface area contributed by atoms with Crippen molar-refractivity contribution in [1.82, 2.24) is 14.9 Å². The van der Waals surface area contributed by atoms with Crippen LogP contribution in [0.15, 0.2) is 36.4 Å². The molecule has 0 saturated carbocycles. The molecule has 9 heteroatoms. The van der Waals surface area contributed by atoms with Gasteiger partial charge in [0.1, 0.15) is 5.82 Å². The molecule has 2 fully saturated rings. The highest BCUT2D eigenvalue weighted by Gasteiger charge is 2.30. The van der Waals surface area contributed by atoms with Crippen LogP contribution in [0.3, 0.4) is 0 Å². The molecule has 1 N–H and O–H groups in total. The summed E-state index contributed by atoms with van der Waals surface area (Å²) < 4.78 is 16.6. The zero-order chi connectivity index (χ0) is 25.8. The van der Waals surface area contributed by atoms with Gasteiger partial charge in [0.25, 0.3) is 0 Å². The van der Waals surface area contributed by atoms with Crippen LogP contribution in [-0.2, 0) is 4.74 Å². The maximum absolute atomic E-state index is 6.10. The third kappa shape index (κ3) is 5.87. The Morgan fingerprint density at radius 3 is 2.38 bits per heavy atom. The number of benzene rings is 2. The van der Waals surface area contributed by atoms with Gasteiger partial charge in [-0.3, -0.25) is 4.90 Å². The minimum absolute atomic E-state index is 0.604. The van der Waals surface area contributed by atoms with Crippen LogP contribution in [0.25, 0.3) is 10.9 Å². The summed E-state index contributed by atoms with van der Waals surface area (Å²) in [4.78, 5) is 14.9. The number of halogens is 1. The maximum atomic E-state index is 6.10. The Hall–Kier alpha value is -2.81. The molecule has 2 aliphatic heterocycles. The molecular weight excluding hydrogens is 490 g/mol. The van der Waals surface area contributed by atoms with Crippen molar-refractivity contribution in [2.24, 2.45) is 5.92 Å². The van der Waals surface area contributed by atoms with Crippen LogP contribution in [0, 0.1) is 5.92 Å². The molecule has 2 aromatic carbocycles. The van der Waals surface area contributed by atoms with Crippen LogP contribution in [0.4, 0.5) is 17.5 Å². The number of hydrogen-bond acceptors (Lipinski definition) is 8. The molecule has 1 atom stereocenters. The summed E-state index contributed by atoms with van der Waals surface area (Å²) in [5.74, 6) is 3.38. The van der Waals surface area contributed by atoms with Gasteiger partial charge in [0.2, 0.25) is 5.95 Å². The Kier molecular flexibility index (Phi) is 8.17. The fraction of sp³-hybridized carbons (Fsp3) is 0.500. The summed E-state index contributed by atoms with van der Waals surface area (Å²) in [5.41, 5.74) is 1.71. The first kappa shape index (κ1) is 25.8. The van der Waals surface area contributed by atoms with Crippen LogP contribution < -0.4 is 19.7 Å². The second-order valence-corrected chi connectivity index (χ2v) is 10.3. The topological polar surface area (TPSA) is 72.0 Å². The number of likely N-dealkylation sites (tertiary alicyclic amines) is 1. The first-order valence-corrected chi connectivity index (χ1v) is 13.4. The molecular formula is C28H36ClN5O3. The van der Waals surface area contributed by atoms with Gasteiger partial charge < -0.3 is 24.4 Å². The standard InChI is InChI=1S/C28H36ClN5O3/c1-35-18-19-5-4-12-34(17-19)22-10-13-33(14-11-22)28-31-24-16-26(37-3)25(36-2)15-23(24)27(32-28)30-21-8-6-20(29)7-9-21/h6-9,15-16,19,22H,4-5,10-14,17-18H2,1-3H3,(H,30,31,32). The Bertz CT molecular complexity index is 1200. The van der Waals surface area contributed by atoms with Gasteiger partial charge in [-0.1, -0.05) is 11.6 Å². The van der Waals surface area contributed by atoms with Crippen molar-refractivity contribution in [3.8, 4) is 11.5 Å². The molecule has 8 nitrogen and oxygen atoms in total. The second-order valence-electron chi connectivity index (χ2n) is 9.91. The number of ether oxygens (including phenoxy) is 3. The third-order valence-electron chi connectivity index (χ3n) is 7.51. The molecule has 198 valence electrons. The lowest BCUT2D eigenvalue weighted by atomic mass is 9.94. The monoisotopic (exact) mass is 525 g/mol. The van der Waals surface area contributed by atoms with E-state index in [1.54, 1.807) is 14.2 Å². The van der Waals surface area contributed by atoms with Crippen molar-refractivity contribution < 1.29 is 14.2 Å². The lowest BCUT2D eigenvalue weighted by Gasteiger charge is -2.42. The first-order chi connectivity index (χ1) is 18.1. The van der Waals surface area contributed by atoms with E-state index in [0.717, 1.165) is 67.4 Å². The maximum Gasteiger partial charge on any atom is 0.227 e. The number of hydrogen-bond donors (Lipinski definition) is 1. The predicted octanol–water partition coefficient (Wildman–Crippen LogP) is 5.37. The summed E-state index contributed by atoms with van der Waals surface area (Å²) in [5, 5.41) is 5.02. The van der Waals surface area contributed by atoms with Crippen LogP contribution in [0.1, 0.15) is 25.7 Å². The van der Waals surface area contributed by atoms with Crippen molar-refractivity contribution in [2.75, 3.05) is 64.3 Å². The van der Waals surface area contributed by atoms with Gasteiger partial charge in [0.15, 0.2) is 11.5 Å². The molecule has 2 saturated heterocycles. The van der Waals surface area contributed by atoms with Gasteiger partial charge in [-0.2, -0.15) is 4.98 Å². The fourth-order valence-corrected chi connectivity index (χ4v) is 5.71. The average molecular weight is 526 g/mol. The second kappa shape index (κ2) is 11.7. The molecule has 3 heterocycles. The molecule has 1 aromatic heterocycles. The number of anilines is 3. The van der Waals surface area contributed by atoms with Crippen LogP contribution in [0.2, 0.25) is 5.02 Å². The van der Waals surface area contributed by atoms with Crippen molar-refractivity contribution in [3.63, 3.8) is 0 Å². The quantitative estimate of drug-likeness (QED) is 0.421. The smallest absolute Gasteiger partial charge is 0.227 e. The highest BCUT2D eigenvalue weighted by molar-refractivity contribution is 6.30. The minimum atomic E-state index is 0.604. The van der Waals surface area contributed by atoms with E-state index in [-0.39, 0.29) is 0 Å². The van der Waals surface area contributed by atoms with Gasteiger partial charge >= 0.3 is 0 Å². The Morgan fingerprint density at radius 2 is 1.68 bits per heavy atom. The van der Waals surface area contributed by atoms with Crippen molar-refractivity contribution in [2.45, 2.75) is 31.7 Å². The Labute approximate surface area is 223 Å². The van der Waals surface area contributed by atoms with E-state index in [1.165, 1.54) is 19.4 Å². The highest BCUT2D eigenvalue weighted by atomic mass is 35.5. The SMILES string of the molecule is COCC1CCCN(C2CCN(c3nc(Nc4ccc(Cl)cc4)c4cc(OC)c(OC)cc4n3)CC2)C1. The molecule has 37 heavy (non-hydrogen) atoms. The minimum Gasteiger partial charge on any atom is -0.493 e. The molecule has 0 bridgehead atoms. The van der Waals surface area contributed by atoms with Crippen molar-refractivity contribution >= 4 is 40.0 Å². The summed E-state index contributed by atoms with van der Waals surface area (Å²) in [6.07, 6.45) is 4.73. The number of aromatic nitrogens is 2. The average Bonchev–Trinajstić information content (AvgIpc) is 2.94. The molecule has 0 radical (unpaired) electrons.